The molecule has 0 amide bonds. The molecule has 0 aliphatic carbocycles. The topological polar surface area (TPSA) is 82.7 Å². The lowest BCUT2D eigenvalue weighted by Crippen LogP contribution is -2.41. The van der Waals surface area contributed by atoms with Crippen LogP contribution in [0.5, 0.6) is 6.01 Å². The average Bonchev–Trinajstić information content (AvgIpc) is 3.08. The monoisotopic (exact) mass is 348 g/mol. The number of aromatic nitrogens is 2. The van der Waals surface area contributed by atoms with E-state index in [2.05, 4.69) is 14.9 Å². The van der Waals surface area contributed by atoms with Crippen LogP contribution in [0.2, 0.25) is 0 Å². The molecule has 2 saturated heterocycles. The minimum atomic E-state index is -0.450. The number of rotatable bonds is 6. The Kier molecular flexibility index (Phi) is 5.34. The molecule has 2 N–H and O–H groups in total. The van der Waals surface area contributed by atoms with Crippen LogP contribution in [0.1, 0.15) is 40.5 Å². The minimum Gasteiger partial charge on any atom is -0.462 e. The van der Waals surface area contributed by atoms with Crippen molar-refractivity contribution in [3.63, 3.8) is 0 Å². The Bertz CT molecular complexity index is 566. The van der Waals surface area contributed by atoms with Gasteiger partial charge in [-0.2, -0.15) is 0 Å². The lowest BCUT2D eigenvalue weighted by atomic mass is 9.81. The Balaban J connectivity index is 1.56. The van der Waals surface area contributed by atoms with Crippen LogP contribution in [-0.4, -0.2) is 65.5 Å². The van der Waals surface area contributed by atoms with Gasteiger partial charge in [0.25, 0.3) is 0 Å². The maximum absolute atomic E-state index is 6.01. The van der Waals surface area contributed by atoms with Crippen molar-refractivity contribution in [2.45, 2.75) is 57.8 Å². The van der Waals surface area contributed by atoms with Gasteiger partial charge in [0, 0.05) is 37.0 Å². The van der Waals surface area contributed by atoms with Crippen molar-refractivity contribution in [1.29, 1.82) is 0 Å². The molecule has 3 rings (SSSR count). The summed E-state index contributed by atoms with van der Waals surface area (Å²) in [5, 5.41) is 0. The first-order valence-corrected chi connectivity index (χ1v) is 9.07. The number of ether oxygens (including phenoxy) is 1. The van der Waals surface area contributed by atoms with E-state index >= 15 is 0 Å². The van der Waals surface area contributed by atoms with E-state index in [4.69, 9.17) is 19.8 Å². The zero-order valence-electron chi connectivity index (χ0n) is 15.7. The highest BCUT2D eigenvalue weighted by Crippen LogP contribution is 2.36. The van der Waals surface area contributed by atoms with E-state index in [1.165, 1.54) is 6.42 Å². The third-order valence-electron chi connectivity index (χ3n) is 5.49. The van der Waals surface area contributed by atoms with Crippen molar-refractivity contribution in [1.82, 2.24) is 14.9 Å². The third-order valence-corrected chi connectivity index (χ3v) is 5.49. The maximum Gasteiger partial charge on any atom is 0.498 e. The van der Waals surface area contributed by atoms with E-state index < -0.39 is 7.12 Å². The number of hydrogen-bond donors (Lipinski definition) is 1. The zero-order chi connectivity index (χ0) is 18.1. The van der Waals surface area contributed by atoms with Gasteiger partial charge in [-0.3, -0.25) is 4.90 Å². The number of nitrogens with zero attached hydrogens (tertiary/aromatic N) is 3. The molecule has 8 heteroatoms. The molecule has 2 fully saturated rings. The second-order valence-corrected chi connectivity index (χ2v) is 7.82. The van der Waals surface area contributed by atoms with Gasteiger partial charge >= 0.3 is 13.1 Å². The molecule has 0 aromatic carbocycles. The van der Waals surface area contributed by atoms with Crippen LogP contribution in [0.3, 0.4) is 0 Å². The first-order valence-electron chi connectivity index (χ1n) is 9.07. The molecule has 138 valence electrons. The molecule has 0 bridgehead atoms. The predicted molar refractivity (Wildman–Crippen MR) is 96.9 cm³/mol. The summed E-state index contributed by atoms with van der Waals surface area (Å²) < 4.78 is 17.8. The first kappa shape index (κ1) is 18.6. The maximum atomic E-state index is 6.01. The molecule has 1 aromatic rings. The molecule has 2 aliphatic rings. The van der Waals surface area contributed by atoms with Crippen molar-refractivity contribution >= 4 is 12.6 Å². The molecule has 7 nitrogen and oxygen atoms in total. The van der Waals surface area contributed by atoms with Gasteiger partial charge in [0.15, 0.2) is 0 Å². The van der Waals surface area contributed by atoms with Gasteiger partial charge in [0.05, 0.1) is 11.2 Å². The molecular weight excluding hydrogens is 319 g/mol. The van der Waals surface area contributed by atoms with Crippen LogP contribution in [0.4, 0.5) is 0 Å². The zero-order valence-corrected chi connectivity index (χ0v) is 15.7. The van der Waals surface area contributed by atoms with Gasteiger partial charge in [-0.15, -0.1) is 0 Å². The molecule has 1 aromatic heterocycles. The summed E-state index contributed by atoms with van der Waals surface area (Å²) in [5.74, 6) is 0. The van der Waals surface area contributed by atoms with Gasteiger partial charge in [0.2, 0.25) is 0 Å². The van der Waals surface area contributed by atoms with Crippen LogP contribution >= 0.6 is 0 Å². The highest BCUT2D eigenvalue weighted by atomic mass is 16.7. The normalized spacial score (nSPS) is 25.5. The summed E-state index contributed by atoms with van der Waals surface area (Å²) in [5.41, 5.74) is 5.72. The number of likely N-dealkylation sites (tertiary alicyclic amines) is 1. The quantitative estimate of drug-likeness (QED) is 0.753. The average molecular weight is 348 g/mol. The molecule has 0 saturated carbocycles. The Morgan fingerprint density at radius 3 is 2.48 bits per heavy atom. The molecule has 1 atom stereocenters. The van der Waals surface area contributed by atoms with E-state index in [0.717, 1.165) is 25.0 Å². The molecule has 0 radical (unpaired) electrons. The fraction of sp³-hybridized carbons (Fsp3) is 0.765. The summed E-state index contributed by atoms with van der Waals surface area (Å²) in [6.45, 7) is 11.4. The minimum absolute atomic E-state index is 0.373. The molecule has 0 spiro atoms. The molecule has 3 heterocycles. The van der Waals surface area contributed by atoms with Crippen LogP contribution < -0.4 is 15.9 Å². The summed E-state index contributed by atoms with van der Waals surface area (Å²) >= 11 is 0. The van der Waals surface area contributed by atoms with Crippen LogP contribution in [0, 0.1) is 0 Å². The van der Waals surface area contributed by atoms with Crippen molar-refractivity contribution in [2.75, 3.05) is 26.2 Å². The SMILES string of the molecule is CC1(C)OB(c2cnc(OCC3CCCN3CCN)nc2)OC1(C)C. The molecule has 1 unspecified atom stereocenters. The van der Waals surface area contributed by atoms with Gasteiger partial charge in [0.1, 0.15) is 6.61 Å². The molecular formula is C17H29BN4O3. The van der Waals surface area contributed by atoms with Crippen molar-refractivity contribution in [3.05, 3.63) is 12.4 Å². The highest BCUT2D eigenvalue weighted by molar-refractivity contribution is 6.61. The van der Waals surface area contributed by atoms with Gasteiger partial charge in [-0.05, 0) is 47.1 Å². The van der Waals surface area contributed by atoms with Crippen LogP contribution in [-0.2, 0) is 9.31 Å². The largest absolute Gasteiger partial charge is 0.498 e. The fourth-order valence-corrected chi connectivity index (χ4v) is 3.22. The lowest BCUT2D eigenvalue weighted by molar-refractivity contribution is 0.00578. The fourth-order valence-electron chi connectivity index (χ4n) is 3.22. The van der Waals surface area contributed by atoms with E-state index in [-0.39, 0.29) is 11.2 Å². The molecule has 25 heavy (non-hydrogen) atoms. The van der Waals surface area contributed by atoms with Gasteiger partial charge in [-0.1, -0.05) is 0 Å². The van der Waals surface area contributed by atoms with E-state index in [9.17, 15) is 0 Å². The third kappa shape index (κ3) is 3.97. The number of hydrogen-bond acceptors (Lipinski definition) is 7. The summed E-state index contributed by atoms with van der Waals surface area (Å²) in [7, 11) is -0.450. The van der Waals surface area contributed by atoms with Gasteiger partial charge < -0.3 is 19.8 Å². The van der Waals surface area contributed by atoms with Crippen LogP contribution in [0.25, 0.3) is 0 Å². The molecule has 2 aliphatic heterocycles. The van der Waals surface area contributed by atoms with Crippen molar-refractivity contribution < 1.29 is 14.0 Å². The first-order chi connectivity index (χ1) is 11.8. The lowest BCUT2D eigenvalue weighted by Gasteiger charge is -2.32. The summed E-state index contributed by atoms with van der Waals surface area (Å²) in [4.78, 5) is 11.0. The van der Waals surface area contributed by atoms with E-state index in [1.807, 2.05) is 27.7 Å². The second-order valence-electron chi connectivity index (χ2n) is 7.82. The highest BCUT2D eigenvalue weighted by Gasteiger charge is 2.51. The van der Waals surface area contributed by atoms with E-state index in [1.54, 1.807) is 12.4 Å². The Labute approximate surface area is 150 Å². The van der Waals surface area contributed by atoms with Crippen molar-refractivity contribution in [3.8, 4) is 6.01 Å². The Hall–Kier alpha value is -1.22. The Morgan fingerprint density at radius 1 is 1.24 bits per heavy atom. The van der Waals surface area contributed by atoms with E-state index in [0.29, 0.717) is 25.2 Å². The van der Waals surface area contributed by atoms with Crippen LogP contribution in [0.15, 0.2) is 12.4 Å². The van der Waals surface area contributed by atoms with Crippen molar-refractivity contribution in [2.24, 2.45) is 5.73 Å². The smallest absolute Gasteiger partial charge is 0.462 e. The second kappa shape index (κ2) is 7.19. The standard InChI is InChI=1S/C17H29BN4O3/c1-16(2)17(3,4)25-18(24-16)13-10-20-15(21-11-13)23-12-14-6-5-8-22(14)9-7-19/h10-11,14H,5-9,12,19H2,1-4H3. The van der Waals surface area contributed by atoms with Gasteiger partial charge in [-0.25, -0.2) is 9.97 Å². The summed E-state index contributed by atoms with van der Waals surface area (Å²) in [6.07, 6.45) is 5.76. The predicted octanol–water partition coefficient (Wildman–Crippen LogP) is 0.578. The Morgan fingerprint density at radius 2 is 1.88 bits per heavy atom. The summed E-state index contributed by atoms with van der Waals surface area (Å²) in [6, 6.07) is 0.787. The number of nitrogens with two attached hydrogens (primary N) is 1.